The third kappa shape index (κ3) is 3.76. The molecule has 1 aliphatic carbocycles. The van der Waals surface area contributed by atoms with Gasteiger partial charge in [0.1, 0.15) is 23.2 Å². The summed E-state index contributed by atoms with van der Waals surface area (Å²) in [7, 11) is -1.73. The molecule has 0 spiro atoms. The molecule has 1 aliphatic rings. The van der Waals surface area contributed by atoms with Crippen LogP contribution in [-0.2, 0) is 0 Å². The highest BCUT2D eigenvalue weighted by Gasteiger charge is 2.52. The van der Waals surface area contributed by atoms with Crippen LogP contribution in [0.1, 0.15) is 33.1 Å². The zero-order chi connectivity index (χ0) is 18.7. The van der Waals surface area contributed by atoms with Gasteiger partial charge in [-0.15, -0.1) is 0 Å². The summed E-state index contributed by atoms with van der Waals surface area (Å²) in [6.45, 7) is 4.66. The quantitative estimate of drug-likeness (QED) is 0.423. The Bertz CT molecular complexity index is 820. The zero-order valence-corrected chi connectivity index (χ0v) is 19.2. The van der Waals surface area contributed by atoms with Crippen LogP contribution >= 0.6 is 7.26 Å². The Morgan fingerprint density at radius 3 is 1.36 bits per heavy atom. The summed E-state index contributed by atoms with van der Waals surface area (Å²) in [4.78, 5) is 0. The molecule has 3 aromatic carbocycles. The molecular formula is C26H28BrP. The molecule has 0 saturated carbocycles. The van der Waals surface area contributed by atoms with Crippen molar-refractivity contribution in [3.63, 3.8) is 0 Å². The predicted octanol–water partition coefficient (Wildman–Crippen LogP) is 2.87. The van der Waals surface area contributed by atoms with E-state index in [1.165, 1.54) is 35.2 Å². The van der Waals surface area contributed by atoms with Gasteiger partial charge in [0.05, 0.1) is 5.66 Å². The Morgan fingerprint density at radius 2 is 1.00 bits per heavy atom. The fourth-order valence-corrected chi connectivity index (χ4v) is 9.78. The first-order valence-electron chi connectivity index (χ1n) is 9.93. The third-order valence-corrected chi connectivity index (χ3v) is 11.0. The lowest BCUT2D eigenvalue weighted by Gasteiger charge is -2.37. The monoisotopic (exact) mass is 450 g/mol. The first-order valence-corrected chi connectivity index (χ1v) is 11.8. The highest BCUT2D eigenvalue weighted by Crippen LogP contribution is 2.63. The van der Waals surface area contributed by atoms with Crippen LogP contribution in [0.25, 0.3) is 0 Å². The maximum absolute atomic E-state index is 2.37. The lowest BCUT2D eigenvalue weighted by Crippen LogP contribution is -3.00. The average Bonchev–Trinajstić information content (AvgIpc) is 2.74. The molecule has 1 atom stereocenters. The van der Waals surface area contributed by atoms with Gasteiger partial charge in [0, 0.05) is 6.42 Å². The molecule has 0 fully saturated rings. The van der Waals surface area contributed by atoms with E-state index >= 15 is 0 Å². The standard InChI is InChI=1S/C26H28P.BrH/c1-21-18-19-26(20-22(21)2)27(23-12-6-3-7-13-23,24-14-8-4-9-15-24)25-16-10-5-11-17-25;/h3-17,26H,18-20H2,1-2H3;1H/q+1;/p-1. The van der Waals surface area contributed by atoms with Gasteiger partial charge >= 0.3 is 0 Å². The molecule has 3 aromatic rings. The zero-order valence-electron chi connectivity index (χ0n) is 16.7. The Balaban J connectivity index is 0.00000225. The topological polar surface area (TPSA) is 0 Å². The van der Waals surface area contributed by atoms with Gasteiger partial charge in [-0.2, -0.15) is 0 Å². The van der Waals surface area contributed by atoms with E-state index in [4.69, 9.17) is 0 Å². The molecule has 0 N–H and O–H groups in total. The largest absolute Gasteiger partial charge is 1.00 e. The van der Waals surface area contributed by atoms with Crippen molar-refractivity contribution in [1.82, 2.24) is 0 Å². The number of benzene rings is 3. The van der Waals surface area contributed by atoms with Gasteiger partial charge < -0.3 is 17.0 Å². The molecule has 144 valence electrons. The lowest BCUT2D eigenvalue weighted by atomic mass is 9.93. The van der Waals surface area contributed by atoms with Gasteiger partial charge in [0.25, 0.3) is 0 Å². The maximum atomic E-state index is 2.37. The minimum absolute atomic E-state index is 0. The summed E-state index contributed by atoms with van der Waals surface area (Å²) < 4.78 is 0. The molecule has 0 saturated heterocycles. The number of rotatable bonds is 4. The highest BCUT2D eigenvalue weighted by molar-refractivity contribution is 7.96. The number of hydrogen-bond acceptors (Lipinski definition) is 0. The fraction of sp³-hybridized carbons (Fsp3) is 0.231. The smallest absolute Gasteiger partial charge is 0.115 e. The van der Waals surface area contributed by atoms with Gasteiger partial charge in [0.2, 0.25) is 0 Å². The van der Waals surface area contributed by atoms with Crippen LogP contribution in [-0.4, -0.2) is 5.66 Å². The number of allylic oxidation sites excluding steroid dienone is 2. The normalized spacial score (nSPS) is 17.1. The van der Waals surface area contributed by atoms with Crippen molar-refractivity contribution in [1.29, 1.82) is 0 Å². The van der Waals surface area contributed by atoms with Crippen molar-refractivity contribution in [2.75, 3.05) is 0 Å². The fourth-order valence-electron chi connectivity index (χ4n) is 4.63. The Kier molecular flexibility index (Phi) is 6.91. The van der Waals surface area contributed by atoms with Crippen LogP contribution < -0.4 is 32.9 Å². The van der Waals surface area contributed by atoms with E-state index in [1.807, 2.05) is 0 Å². The maximum Gasteiger partial charge on any atom is 0.115 e. The molecule has 0 amide bonds. The second-order valence-electron chi connectivity index (χ2n) is 7.69. The van der Waals surface area contributed by atoms with Crippen molar-refractivity contribution in [3.05, 3.63) is 102 Å². The van der Waals surface area contributed by atoms with Crippen molar-refractivity contribution >= 4 is 23.2 Å². The van der Waals surface area contributed by atoms with Crippen LogP contribution in [0, 0.1) is 0 Å². The van der Waals surface area contributed by atoms with Crippen molar-refractivity contribution in [3.8, 4) is 0 Å². The van der Waals surface area contributed by atoms with Gasteiger partial charge in [-0.05, 0) is 63.1 Å². The second kappa shape index (κ2) is 9.21. The first-order chi connectivity index (χ1) is 13.2. The number of halogens is 1. The minimum atomic E-state index is -1.73. The molecule has 0 bridgehead atoms. The first kappa shape index (κ1) is 21.0. The predicted molar refractivity (Wildman–Crippen MR) is 121 cm³/mol. The van der Waals surface area contributed by atoms with Crippen molar-refractivity contribution < 1.29 is 17.0 Å². The van der Waals surface area contributed by atoms with Crippen LogP contribution in [0.15, 0.2) is 102 Å². The van der Waals surface area contributed by atoms with Crippen LogP contribution in [0.4, 0.5) is 0 Å². The van der Waals surface area contributed by atoms with Crippen LogP contribution in [0.3, 0.4) is 0 Å². The summed E-state index contributed by atoms with van der Waals surface area (Å²) in [5.41, 5.74) is 3.85. The molecule has 0 aromatic heterocycles. The number of hydrogen-bond donors (Lipinski definition) is 0. The van der Waals surface area contributed by atoms with Crippen LogP contribution in [0.2, 0.25) is 0 Å². The molecule has 4 rings (SSSR count). The van der Waals surface area contributed by atoms with E-state index in [0.717, 1.165) is 0 Å². The summed E-state index contributed by atoms with van der Waals surface area (Å²) in [5.74, 6) is 0. The third-order valence-electron chi connectivity index (χ3n) is 6.16. The highest BCUT2D eigenvalue weighted by atomic mass is 79.9. The molecule has 28 heavy (non-hydrogen) atoms. The Morgan fingerprint density at radius 1 is 0.607 bits per heavy atom. The molecular weight excluding hydrogens is 423 g/mol. The molecule has 1 unspecified atom stereocenters. The van der Waals surface area contributed by atoms with E-state index in [2.05, 4.69) is 105 Å². The van der Waals surface area contributed by atoms with Gasteiger partial charge in [-0.3, -0.25) is 0 Å². The lowest BCUT2D eigenvalue weighted by molar-refractivity contribution is -0.00000541. The van der Waals surface area contributed by atoms with E-state index in [0.29, 0.717) is 5.66 Å². The SMILES string of the molecule is CC1=C(C)CC([P+](c2ccccc2)(c2ccccc2)c2ccccc2)CC1.[Br-]. The van der Waals surface area contributed by atoms with Crippen LogP contribution in [0.5, 0.6) is 0 Å². The van der Waals surface area contributed by atoms with Gasteiger partial charge in [-0.25, -0.2) is 0 Å². The van der Waals surface area contributed by atoms with Gasteiger partial charge in [-0.1, -0.05) is 65.7 Å². The Labute approximate surface area is 180 Å². The summed E-state index contributed by atoms with van der Waals surface area (Å²) in [5, 5.41) is 4.54. The van der Waals surface area contributed by atoms with E-state index in [1.54, 1.807) is 11.1 Å². The van der Waals surface area contributed by atoms with Crippen molar-refractivity contribution in [2.45, 2.75) is 38.8 Å². The Hall–Kier alpha value is -1.69. The second-order valence-corrected chi connectivity index (χ2v) is 11.4. The molecule has 0 heterocycles. The van der Waals surface area contributed by atoms with Crippen molar-refractivity contribution in [2.24, 2.45) is 0 Å². The van der Waals surface area contributed by atoms with E-state index in [9.17, 15) is 0 Å². The molecule has 0 nitrogen and oxygen atoms in total. The molecule has 2 heteroatoms. The summed E-state index contributed by atoms with van der Waals surface area (Å²) in [6, 6.07) is 33.9. The summed E-state index contributed by atoms with van der Waals surface area (Å²) >= 11 is 0. The van der Waals surface area contributed by atoms with E-state index in [-0.39, 0.29) is 17.0 Å². The minimum Gasteiger partial charge on any atom is -1.00 e. The average molecular weight is 451 g/mol. The summed E-state index contributed by atoms with van der Waals surface area (Å²) in [6.07, 6.45) is 3.71. The van der Waals surface area contributed by atoms with Gasteiger partial charge in [0.15, 0.2) is 0 Å². The van der Waals surface area contributed by atoms with E-state index < -0.39 is 7.26 Å². The molecule has 0 radical (unpaired) electrons. The molecule has 0 aliphatic heterocycles.